The molecule has 5 heteroatoms. The lowest BCUT2D eigenvalue weighted by atomic mass is 10.2. The van der Waals surface area contributed by atoms with E-state index < -0.39 is 0 Å². The third kappa shape index (κ3) is 2.23. The van der Waals surface area contributed by atoms with Gasteiger partial charge in [0, 0.05) is 10.1 Å². The Hall–Kier alpha value is -1.26. The fourth-order valence-corrected chi connectivity index (χ4v) is 2.93. The minimum atomic E-state index is -0.377. The summed E-state index contributed by atoms with van der Waals surface area (Å²) in [5, 5.41) is 1.30. The van der Waals surface area contributed by atoms with Gasteiger partial charge in [0.15, 0.2) is 0 Å². The molecule has 3 nitrogen and oxygen atoms in total. The number of halogens is 1. The van der Waals surface area contributed by atoms with E-state index in [4.69, 9.17) is 21.1 Å². The van der Waals surface area contributed by atoms with Gasteiger partial charge in [-0.05, 0) is 25.1 Å². The van der Waals surface area contributed by atoms with E-state index in [-0.39, 0.29) is 5.97 Å². The molecule has 2 aromatic rings. The minimum Gasteiger partial charge on any atom is -0.497 e. The molecule has 1 aromatic carbocycles. The minimum absolute atomic E-state index is 0.340. The van der Waals surface area contributed by atoms with Crippen LogP contribution in [0.3, 0.4) is 0 Å². The highest BCUT2D eigenvalue weighted by molar-refractivity contribution is 7.21. The molecular formula is C12H11ClO3S. The van der Waals surface area contributed by atoms with Crippen molar-refractivity contribution in [3.8, 4) is 5.75 Å². The molecule has 0 N–H and O–H groups in total. The summed E-state index contributed by atoms with van der Waals surface area (Å²) >= 11 is 7.47. The molecule has 0 saturated heterocycles. The summed E-state index contributed by atoms with van der Waals surface area (Å²) in [6.07, 6.45) is 0. The van der Waals surface area contributed by atoms with Crippen molar-refractivity contribution in [2.24, 2.45) is 0 Å². The molecule has 0 fully saturated rings. The number of rotatable bonds is 3. The summed E-state index contributed by atoms with van der Waals surface area (Å²) in [7, 11) is 1.60. The number of carbonyl (C=O) groups excluding carboxylic acids is 1. The van der Waals surface area contributed by atoms with Crippen molar-refractivity contribution < 1.29 is 14.3 Å². The average molecular weight is 271 g/mol. The van der Waals surface area contributed by atoms with Crippen molar-refractivity contribution in [1.29, 1.82) is 0 Å². The molecule has 0 unspecified atom stereocenters. The maximum atomic E-state index is 11.7. The van der Waals surface area contributed by atoms with E-state index in [9.17, 15) is 4.79 Å². The lowest BCUT2D eigenvalue weighted by Gasteiger charge is -1.98. The molecule has 1 aromatic heterocycles. The van der Waals surface area contributed by atoms with Crippen LogP contribution < -0.4 is 4.74 Å². The van der Waals surface area contributed by atoms with Gasteiger partial charge in [0.05, 0.1) is 18.7 Å². The zero-order chi connectivity index (χ0) is 12.4. The fourth-order valence-electron chi connectivity index (χ4n) is 1.50. The van der Waals surface area contributed by atoms with Crippen LogP contribution in [0.1, 0.15) is 16.6 Å². The molecule has 90 valence electrons. The van der Waals surface area contributed by atoms with Gasteiger partial charge in [-0.1, -0.05) is 11.6 Å². The number of carbonyl (C=O) groups is 1. The molecule has 0 aliphatic carbocycles. The summed E-state index contributed by atoms with van der Waals surface area (Å²) in [5.41, 5.74) is 0. The number of fused-ring (bicyclic) bond motifs is 1. The normalized spacial score (nSPS) is 10.5. The van der Waals surface area contributed by atoms with Crippen molar-refractivity contribution in [1.82, 2.24) is 0 Å². The van der Waals surface area contributed by atoms with Crippen LogP contribution >= 0.6 is 22.9 Å². The predicted molar refractivity (Wildman–Crippen MR) is 69.3 cm³/mol. The second kappa shape index (κ2) is 4.94. The zero-order valence-corrected chi connectivity index (χ0v) is 11.0. The smallest absolute Gasteiger partial charge is 0.349 e. The van der Waals surface area contributed by atoms with E-state index in [1.165, 1.54) is 11.3 Å². The number of benzene rings is 1. The van der Waals surface area contributed by atoms with Crippen LogP contribution in [0.5, 0.6) is 5.75 Å². The van der Waals surface area contributed by atoms with E-state index >= 15 is 0 Å². The van der Waals surface area contributed by atoms with E-state index in [1.807, 2.05) is 18.2 Å². The Morgan fingerprint density at radius 2 is 2.24 bits per heavy atom. The van der Waals surface area contributed by atoms with Crippen molar-refractivity contribution in [2.75, 3.05) is 13.7 Å². The Kier molecular flexibility index (Phi) is 3.54. The quantitative estimate of drug-likeness (QED) is 0.797. The van der Waals surface area contributed by atoms with Crippen LogP contribution in [-0.2, 0) is 4.74 Å². The summed E-state index contributed by atoms with van der Waals surface area (Å²) in [5.74, 6) is 0.364. The van der Waals surface area contributed by atoms with Crippen LogP contribution in [-0.4, -0.2) is 19.7 Å². The highest BCUT2D eigenvalue weighted by Crippen LogP contribution is 2.37. The van der Waals surface area contributed by atoms with E-state index in [0.717, 1.165) is 15.8 Å². The maximum absolute atomic E-state index is 11.7. The number of methoxy groups -OCH3 is 1. The Bertz CT molecular complexity index is 562. The van der Waals surface area contributed by atoms with E-state index in [1.54, 1.807) is 14.0 Å². The van der Waals surface area contributed by atoms with Gasteiger partial charge in [0.25, 0.3) is 0 Å². The van der Waals surface area contributed by atoms with Crippen LogP contribution in [0.2, 0.25) is 5.02 Å². The van der Waals surface area contributed by atoms with Crippen LogP contribution in [0.4, 0.5) is 0 Å². The third-order valence-corrected chi connectivity index (χ3v) is 3.93. The van der Waals surface area contributed by atoms with Gasteiger partial charge in [-0.3, -0.25) is 0 Å². The topological polar surface area (TPSA) is 35.5 Å². The van der Waals surface area contributed by atoms with E-state index in [2.05, 4.69) is 0 Å². The Morgan fingerprint density at radius 3 is 2.88 bits per heavy atom. The first-order chi connectivity index (χ1) is 8.17. The fraction of sp³-hybridized carbons (Fsp3) is 0.250. The van der Waals surface area contributed by atoms with Gasteiger partial charge in [-0.25, -0.2) is 4.79 Å². The molecule has 0 radical (unpaired) electrons. The predicted octanol–water partition coefficient (Wildman–Crippen LogP) is 3.74. The molecule has 0 amide bonds. The summed E-state index contributed by atoms with van der Waals surface area (Å²) in [6, 6.07) is 5.51. The lowest BCUT2D eigenvalue weighted by molar-refractivity contribution is 0.0532. The molecule has 0 saturated carbocycles. The van der Waals surface area contributed by atoms with Crippen LogP contribution in [0.15, 0.2) is 18.2 Å². The second-order valence-electron chi connectivity index (χ2n) is 3.33. The first kappa shape index (κ1) is 12.2. The first-order valence-electron chi connectivity index (χ1n) is 5.10. The Labute approximate surface area is 108 Å². The maximum Gasteiger partial charge on any atom is 0.349 e. The van der Waals surface area contributed by atoms with Crippen molar-refractivity contribution in [3.63, 3.8) is 0 Å². The molecule has 0 aliphatic rings. The molecule has 2 rings (SSSR count). The third-order valence-electron chi connectivity index (χ3n) is 2.30. The second-order valence-corrected chi connectivity index (χ2v) is 4.76. The van der Waals surface area contributed by atoms with Crippen molar-refractivity contribution in [3.05, 3.63) is 28.1 Å². The summed E-state index contributed by atoms with van der Waals surface area (Å²) in [6.45, 7) is 2.11. The standard InChI is InChI=1S/C12H11ClO3S/c1-3-16-12(14)11-10(13)8-5-4-7(15-2)6-9(8)17-11/h4-6H,3H2,1-2H3. The van der Waals surface area contributed by atoms with Gasteiger partial charge in [0.2, 0.25) is 0 Å². The van der Waals surface area contributed by atoms with Gasteiger partial charge in [-0.15, -0.1) is 11.3 Å². The highest BCUT2D eigenvalue weighted by Gasteiger charge is 2.18. The number of hydrogen-bond donors (Lipinski definition) is 0. The molecule has 0 bridgehead atoms. The van der Waals surface area contributed by atoms with Crippen molar-refractivity contribution in [2.45, 2.75) is 6.92 Å². The lowest BCUT2D eigenvalue weighted by Crippen LogP contribution is -2.02. The largest absolute Gasteiger partial charge is 0.497 e. The zero-order valence-electron chi connectivity index (χ0n) is 9.45. The van der Waals surface area contributed by atoms with Gasteiger partial charge >= 0.3 is 5.97 Å². The monoisotopic (exact) mass is 270 g/mol. The highest BCUT2D eigenvalue weighted by atomic mass is 35.5. The molecule has 1 heterocycles. The Balaban J connectivity index is 2.52. The van der Waals surface area contributed by atoms with Crippen LogP contribution in [0, 0.1) is 0 Å². The molecular weight excluding hydrogens is 260 g/mol. The molecule has 17 heavy (non-hydrogen) atoms. The van der Waals surface area contributed by atoms with E-state index in [0.29, 0.717) is 16.5 Å². The number of esters is 1. The van der Waals surface area contributed by atoms with Crippen molar-refractivity contribution >= 4 is 39.0 Å². The number of thiophene rings is 1. The van der Waals surface area contributed by atoms with Gasteiger partial charge in [-0.2, -0.15) is 0 Å². The first-order valence-corrected chi connectivity index (χ1v) is 6.30. The summed E-state index contributed by atoms with van der Waals surface area (Å²) in [4.78, 5) is 12.1. The van der Waals surface area contributed by atoms with Gasteiger partial charge < -0.3 is 9.47 Å². The number of ether oxygens (including phenoxy) is 2. The molecule has 0 spiro atoms. The number of hydrogen-bond acceptors (Lipinski definition) is 4. The summed E-state index contributed by atoms with van der Waals surface area (Å²) < 4.78 is 11.0. The van der Waals surface area contributed by atoms with Crippen LogP contribution in [0.25, 0.3) is 10.1 Å². The SMILES string of the molecule is CCOC(=O)c1sc2cc(OC)ccc2c1Cl. The Morgan fingerprint density at radius 1 is 1.47 bits per heavy atom. The average Bonchev–Trinajstić information content (AvgIpc) is 2.66. The molecule has 0 aliphatic heterocycles. The molecule has 0 atom stereocenters. The van der Waals surface area contributed by atoms with Gasteiger partial charge in [0.1, 0.15) is 10.6 Å².